The molecule has 0 saturated carbocycles. The number of carbonyl (C=O) groups excluding carboxylic acids is 1. The summed E-state index contributed by atoms with van der Waals surface area (Å²) in [6.07, 6.45) is 2.87. The van der Waals surface area contributed by atoms with E-state index in [1.54, 1.807) is 39.0 Å². The molecule has 0 heterocycles. The minimum absolute atomic E-state index is 0.118. The predicted molar refractivity (Wildman–Crippen MR) is 101 cm³/mol. The first-order valence-electron chi connectivity index (χ1n) is 7.94. The maximum Gasteiger partial charge on any atom is 0.248 e. The Balaban J connectivity index is 2.02. The van der Waals surface area contributed by atoms with E-state index in [-0.39, 0.29) is 16.6 Å². The second-order valence-electron chi connectivity index (χ2n) is 6.75. The van der Waals surface area contributed by atoms with Crippen molar-refractivity contribution in [3.63, 3.8) is 0 Å². The highest BCUT2D eigenvalue weighted by atomic mass is 32.2. The molecule has 2 N–H and O–H groups in total. The third-order valence-corrected chi connectivity index (χ3v) is 4.94. The Bertz CT molecular complexity index is 897. The van der Waals surface area contributed by atoms with Crippen molar-refractivity contribution in [3.05, 3.63) is 66.0 Å². The minimum atomic E-state index is -3.62. The number of benzene rings is 2. The van der Waals surface area contributed by atoms with Crippen molar-refractivity contribution < 1.29 is 17.6 Å². The van der Waals surface area contributed by atoms with Crippen LogP contribution in [0.4, 0.5) is 10.1 Å². The molecule has 0 saturated heterocycles. The molecule has 7 heteroatoms. The Morgan fingerprint density at radius 3 is 2.12 bits per heavy atom. The highest BCUT2D eigenvalue weighted by molar-refractivity contribution is 7.89. The lowest BCUT2D eigenvalue weighted by Crippen LogP contribution is -2.40. The third kappa shape index (κ3) is 6.09. The fourth-order valence-corrected chi connectivity index (χ4v) is 3.53. The number of carbonyl (C=O) groups is 1. The Hall–Kier alpha value is -2.51. The summed E-state index contributed by atoms with van der Waals surface area (Å²) in [7, 11) is -3.62. The summed E-state index contributed by atoms with van der Waals surface area (Å²) in [5.41, 5.74) is 0.571. The molecule has 2 aromatic carbocycles. The van der Waals surface area contributed by atoms with E-state index in [1.807, 2.05) is 0 Å². The van der Waals surface area contributed by atoms with Crippen molar-refractivity contribution in [3.8, 4) is 0 Å². The fourth-order valence-electron chi connectivity index (χ4n) is 2.11. The van der Waals surface area contributed by atoms with Crippen LogP contribution < -0.4 is 10.0 Å². The lowest BCUT2D eigenvalue weighted by Gasteiger charge is -2.20. The molecule has 0 aliphatic heterocycles. The first-order valence-corrected chi connectivity index (χ1v) is 9.42. The molecule has 26 heavy (non-hydrogen) atoms. The molecule has 0 aliphatic carbocycles. The first kappa shape index (κ1) is 19.8. The molecular formula is C19H21FN2O3S. The smallest absolute Gasteiger partial charge is 0.248 e. The minimum Gasteiger partial charge on any atom is -0.323 e. The number of nitrogens with one attached hydrogen (secondary N) is 2. The van der Waals surface area contributed by atoms with Crippen LogP contribution in [0.3, 0.4) is 0 Å². The van der Waals surface area contributed by atoms with Gasteiger partial charge in [0, 0.05) is 17.3 Å². The van der Waals surface area contributed by atoms with Crippen LogP contribution in [-0.4, -0.2) is 19.9 Å². The van der Waals surface area contributed by atoms with Gasteiger partial charge in [-0.1, -0.05) is 12.1 Å². The van der Waals surface area contributed by atoms with Gasteiger partial charge in [-0.15, -0.1) is 0 Å². The van der Waals surface area contributed by atoms with Crippen LogP contribution in [0.1, 0.15) is 26.3 Å². The van der Waals surface area contributed by atoms with E-state index in [4.69, 9.17) is 0 Å². The Kier molecular flexibility index (Phi) is 5.94. The maximum atomic E-state index is 12.8. The zero-order valence-electron chi connectivity index (χ0n) is 14.8. The number of halogens is 1. The summed E-state index contributed by atoms with van der Waals surface area (Å²) in [4.78, 5) is 12.0. The van der Waals surface area contributed by atoms with Gasteiger partial charge in [-0.25, -0.2) is 17.5 Å². The molecule has 0 aliphatic rings. The van der Waals surface area contributed by atoms with Crippen LogP contribution in [0.15, 0.2) is 59.5 Å². The quantitative estimate of drug-likeness (QED) is 0.784. The van der Waals surface area contributed by atoms with Crippen LogP contribution in [0, 0.1) is 5.82 Å². The van der Waals surface area contributed by atoms with Gasteiger partial charge in [0.15, 0.2) is 0 Å². The molecule has 2 aromatic rings. The summed E-state index contributed by atoms with van der Waals surface area (Å²) in [6, 6.07) is 11.6. The summed E-state index contributed by atoms with van der Waals surface area (Å²) in [5.74, 6) is -0.722. The van der Waals surface area contributed by atoms with Crippen molar-refractivity contribution in [2.45, 2.75) is 31.2 Å². The first-order chi connectivity index (χ1) is 12.0. The normalized spacial score (nSPS) is 12.3. The molecule has 5 nitrogen and oxygen atoms in total. The summed E-state index contributed by atoms with van der Waals surface area (Å²) < 4.78 is 39.8. The van der Waals surface area contributed by atoms with Crippen LogP contribution >= 0.6 is 0 Å². The molecule has 0 atom stereocenters. The Labute approximate surface area is 153 Å². The van der Waals surface area contributed by atoms with Crippen LogP contribution in [0.2, 0.25) is 0 Å². The molecule has 0 spiro atoms. The van der Waals surface area contributed by atoms with Crippen molar-refractivity contribution in [2.24, 2.45) is 0 Å². The van der Waals surface area contributed by atoms with Gasteiger partial charge >= 0.3 is 0 Å². The van der Waals surface area contributed by atoms with E-state index in [0.717, 1.165) is 0 Å². The standard InChI is InChI=1S/C19H21FN2O3S/c1-19(2,3)22-26(24,25)17-11-9-16(10-12-17)21-18(23)13-6-14-4-7-15(20)8-5-14/h4-13,22H,1-3H3,(H,21,23)/b13-6+. The average Bonchev–Trinajstić information content (AvgIpc) is 2.52. The number of hydrogen-bond acceptors (Lipinski definition) is 3. The van der Waals surface area contributed by atoms with Crippen molar-refractivity contribution in [1.29, 1.82) is 0 Å². The van der Waals surface area contributed by atoms with Crippen LogP contribution in [-0.2, 0) is 14.8 Å². The third-order valence-electron chi connectivity index (χ3n) is 3.17. The predicted octanol–water partition coefficient (Wildman–Crippen LogP) is 3.55. The van der Waals surface area contributed by atoms with Gasteiger partial charge < -0.3 is 5.32 Å². The van der Waals surface area contributed by atoms with Gasteiger partial charge in [-0.05, 0) is 68.8 Å². The van der Waals surface area contributed by atoms with Crippen molar-refractivity contribution >= 4 is 27.7 Å². The molecule has 138 valence electrons. The molecule has 0 fully saturated rings. The highest BCUT2D eigenvalue weighted by Gasteiger charge is 2.21. The van der Waals surface area contributed by atoms with Gasteiger partial charge in [-0.2, -0.15) is 0 Å². The number of hydrogen-bond donors (Lipinski definition) is 2. The summed E-state index contributed by atoms with van der Waals surface area (Å²) in [5, 5.41) is 2.64. The molecule has 2 rings (SSSR count). The number of sulfonamides is 1. The largest absolute Gasteiger partial charge is 0.323 e. The maximum absolute atomic E-state index is 12.8. The van der Waals surface area contributed by atoms with Gasteiger partial charge in [0.25, 0.3) is 0 Å². The Morgan fingerprint density at radius 1 is 1.00 bits per heavy atom. The summed E-state index contributed by atoms with van der Waals surface area (Å²) in [6.45, 7) is 5.27. The van der Waals surface area contributed by atoms with Crippen LogP contribution in [0.5, 0.6) is 0 Å². The van der Waals surface area contributed by atoms with E-state index in [1.165, 1.54) is 42.5 Å². The summed E-state index contributed by atoms with van der Waals surface area (Å²) >= 11 is 0. The Morgan fingerprint density at radius 2 is 1.58 bits per heavy atom. The van der Waals surface area contributed by atoms with Gasteiger partial charge in [0.2, 0.25) is 15.9 Å². The molecule has 1 amide bonds. The lowest BCUT2D eigenvalue weighted by molar-refractivity contribution is -0.111. The fraction of sp³-hybridized carbons (Fsp3) is 0.211. The van der Waals surface area contributed by atoms with E-state index >= 15 is 0 Å². The molecule has 0 bridgehead atoms. The zero-order valence-corrected chi connectivity index (χ0v) is 15.6. The molecule has 0 aromatic heterocycles. The topological polar surface area (TPSA) is 75.3 Å². The van der Waals surface area contributed by atoms with Crippen molar-refractivity contribution in [2.75, 3.05) is 5.32 Å². The zero-order chi connectivity index (χ0) is 19.4. The average molecular weight is 376 g/mol. The van der Waals surface area contributed by atoms with Gasteiger partial charge in [0.1, 0.15) is 5.82 Å². The number of anilines is 1. The second kappa shape index (κ2) is 7.80. The molecule has 0 unspecified atom stereocenters. The van der Waals surface area contributed by atoms with Crippen LogP contribution in [0.25, 0.3) is 6.08 Å². The van der Waals surface area contributed by atoms with E-state index in [9.17, 15) is 17.6 Å². The van der Waals surface area contributed by atoms with Gasteiger partial charge in [0.05, 0.1) is 4.90 Å². The van der Waals surface area contributed by atoms with Crippen molar-refractivity contribution in [1.82, 2.24) is 4.72 Å². The van der Waals surface area contributed by atoms with Gasteiger partial charge in [-0.3, -0.25) is 4.79 Å². The highest BCUT2D eigenvalue weighted by Crippen LogP contribution is 2.16. The monoisotopic (exact) mass is 376 g/mol. The molecule has 0 radical (unpaired) electrons. The molecular weight excluding hydrogens is 355 g/mol. The SMILES string of the molecule is CC(C)(C)NS(=O)(=O)c1ccc(NC(=O)/C=C/c2ccc(F)cc2)cc1. The van der Waals surface area contributed by atoms with E-state index in [0.29, 0.717) is 11.3 Å². The van der Waals surface area contributed by atoms with E-state index in [2.05, 4.69) is 10.0 Å². The number of rotatable bonds is 5. The van der Waals surface area contributed by atoms with E-state index < -0.39 is 15.6 Å². The number of amides is 1. The second-order valence-corrected chi connectivity index (χ2v) is 8.44. The lowest BCUT2D eigenvalue weighted by atomic mass is 10.1.